The van der Waals surface area contributed by atoms with Crippen LogP contribution in [0, 0.1) is 0 Å². The fourth-order valence-corrected chi connectivity index (χ4v) is 1.91. The molecule has 0 bridgehead atoms. The number of rotatable bonds is 2. The van der Waals surface area contributed by atoms with Crippen LogP contribution in [0.3, 0.4) is 0 Å². The van der Waals surface area contributed by atoms with E-state index in [1.165, 1.54) is 6.07 Å². The molecule has 0 saturated heterocycles. The molecular formula is C15H14N2O4. The van der Waals surface area contributed by atoms with Crippen LogP contribution in [0.15, 0.2) is 33.2 Å². The molecule has 0 aliphatic heterocycles. The van der Waals surface area contributed by atoms with Gasteiger partial charge in [-0.15, -0.1) is 0 Å². The highest BCUT2D eigenvalue weighted by atomic mass is 16.5. The first-order chi connectivity index (χ1) is 9.84. The van der Waals surface area contributed by atoms with Gasteiger partial charge >= 0.3 is 5.97 Å². The average molecular weight is 286 g/mol. The monoisotopic (exact) mass is 286 g/mol. The van der Waals surface area contributed by atoms with Gasteiger partial charge in [-0.2, -0.15) is 0 Å². The van der Waals surface area contributed by atoms with Crippen LogP contribution in [-0.4, -0.2) is 21.2 Å². The van der Waals surface area contributed by atoms with Gasteiger partial charge in [0.1, 0.15) is 5.52 Å². The molecule has 0 saturated carbocycles. The standard InChI is InChI=1S/C15H14N2O4/c1-15(2,3)14-16-9-6-8(4-5-11(9)20-14)12-7-10(13(18)19)17-21-12/h4-7H,1-3H3,(H,18,19). The van der Waals surface area contributed by atoms with Crippen LogP contribution in [0.25, 0.3) is 22.4 Å². The van der Waals surface area contributed by atoms with E-state index < -0.39 is 5.97 Å². The Kier molecular flexibility index (Phi) is 2.83. The zero-order valence-electron chi connectivity index (χ0n) is 11.9. The molecule has 3 rings (SSSR count). The number of nitrogens with zero attached hydrogens (tertiary/aromatic N) is 2. The van der Waals surface area contributed by atoms with Gasteiger partial charge < -0.3 is 14.0 Å². The molecule has 0 fully saturated rings. The maximum absolute atomic E-state index is 10.8. The van der Waals surface area contributed by atoms with Crippen LogP contribution in [0.1, 0.15) is 37.2 Å². The van der Waals surface area contributed by atoms with Crippen molar-refractivity contribution in [1.29, 1.82) is 0 Å². The Hall–Kier alpha value is -2.63. The summed E-state index contributed by atoms with van der Waals surface area (Å²) in [5.74, 6) is -0.0874. The molecule has 1 aromatic carbocycles. The van der Waals surface area contributed by atoms with E-state index in [9.17, 15) is 4.79 Å². The van der Waals surface area contributed by atoms with E-state index in [0.717, 1.165) is 0 Å². The van der Waals surface area contributed by atoms with Crippen LogP contribution in [0.5, 0.6) is 0 Å². The Balaban J connectivity index is 2.05. The minimum atomic E-state index is -1.12. The van der Waals surface area contributed by atoms with Crippen molar-refractivity contribution < 1.29 is 18.8 Å². The lowest BCUT2D eigenvalue weighted by atomic mass is 9.97. The molecule has 3 aromatic rings. The fourth-order valence-electron chi connectivity index (χ4n) is 1.91. The van der Waals surface area contributed by atoms with Crippen molar-refractivity contribution in [3.05, 3.63) is 35.9 Å². The third-order valence-electron chi connectivity index (χ3n) is 3.04. The fraction of sp³-hybridized carbons (Fsp3) is 0.267. The van der Waals surface area contributed by atoms with E-state index in [2.05, 4.69) is 10.1 Å². The van der Waals surface area contributed by atoms with Gasteiger partial charge in [-0.3, -0.25) is 0 Å². The van der Waals surface area contributed by atoms with Gasteiger partial charge in [-0.1, -0.05) is 25.9 Å². The van der Waals surface area contributed by atoms with Crippen molar-refractivity contribution in [3.63, 3.8) is 0 Å². The number of hydrogen-bond donors (Lipinski definition) is 1. The van der Waals surface area contributed by atoms with Crippen molar-refractivity contribution in [2.45, 2.75) is 26.2 Å². The van der Waals surface area contributed by atoms with E-state index in [4.69, 9.17) is 14.0 Å². The van der Waals surface area contributed by atoms with Gasteiger partial charge in [0.05, 0.1) is 0 Å². The molecule has 108 valence electrons. The van der Waals surface area contributed by atoms with Crippen LogP contribution in [0.4, 0.5) is 0 Å². The number of aromatic nitrogens is 2. The summed E-state index contributed by atoms with van der Waals surface area (Å²) >= 11 is 0. The van der Waals surface area contributed by atoms with Crippen molar-refractivity contribution in [3.8, 4) is 11.3 Å². The number of benzene rings is 1. The van der Waals surface area contributed by atoms with Crippen molar-refractivity contribution >= 4 is 17.1 Å². The summed E-state index contributed by atoms with van der Waals surface area (Å²) < 4.78 is 10.8. The number of carboxylic acid groups (broad SMARTS) is 1. The van der Waals surface area contributed by atoms with Crippen LogP contribution in [-0.2, 0) is 5.41 Å². The predicted molar refractivity (Wildman–Crippen MR) is 75.2 cm³/mol. The van der Waals surface area contributed by atoms with Crippen LogP contribution < -0.4 is 0 Å². The lowest BCUT2D eigenvalue weighted by Crippen LogP contribution is -2.10. The van der Waals surface area contributed by atoms with Crippen molar-refractivity contribution in [2.24, 2.45) is 0 Å². The molecule has 0 spiro atoms. The molecule has 6 nitrogen and oxygen atoms in total. The molecule has 1 N–H and O–H groups in total. The lowest BCUT2D eigenvalue weighted by molar-refractivity contribution is 0.0686. The van der Waals surface area contributed by atoms with Gasteiger partial charge in [-0.25, -0.2) is 9.78 Å². The summed E-state index contributed by atoms with van der Waals surface area (Å²) in [6, 6.07) is 6.75. The summed E-state index contributed by atoms with van der Waals surface area (Å²) in [7, 11) is 0. The average Bonchev–Trinajstić information content (AvgIpc) is 3.04. The molecule has 0 aliphatic rings. The molecule has 0 aliphatic carbocycles. The quantitative estimate of drug-likeness (QED) is 0.775. The second-order valence-electron chi connectivity index (χ2n) is 5.83. The van der Waals surface area contributed by atoms with Crippen LogP contribution >= 0.6 is 0 Å². The normalized spacial score (nSPS) is 12.0. The van der Waals surface area contributed by atoms with E-state index in [1.807, 2.05) is 20.8 Å². The van der Waals surface area contributed by atoms with E-state index in [-0.39, 0.29) is 11.1 Å². The Morgan fingerprint density at radius 2 is 2.00 bits per heavy atom. The zero-order chi connectivity index (χ0) is 15.2. The lowest BCUT2D eigenvalue weighted by Gasteiger charge is -2.11. The Morgan fingerprint density at radius 1 is 1.24 bits per heavy atom. The molecule has 0 amide bonds. The summed E-state index contributed by atoms with van der Waals surface area (Å²) in [6.45, 7) is 6.07. The highest BCUT2D eigenvalue weighted by molar-refractivity contribution is 5.87. The number of carbonyl (C=O) groups is 1. The van der Waals surface area contributed by atoms with E-state index in [0.29, 0.717) is 28.3 Å². The van der Waals surface area contributed by atoms with Gasteiger partial charge in [0.25, 0.3) is 0 Å². The molecular weight excluding hydrogens is 272 g/mol. The molecule has 0 atom stereocenters. The Bertz CT molecular complexity index is 824. The number of fused-ring (bicyclic) bond motifs is 1. The highest BCUT2D eigenvalue weighted by Crippen LogP contribution is 2.29. The number of aromatic carboxylic acids is 1. The third kappa shape index (κ3) is 2.40. The Morgan fingerprint density at radius 3 is 2.62 bits per heavy atom. The molecule has 0 radical (unpaired) electrons. The number of hydrogen-bond acceptors (Lipinski definition) is 5. The van der Waals surface area contributed by atoms with Gasteiger partial charge in [-0.05, 0) is 18.2 Å². The highest BCUT2D eigenvalue weighted by Gasteiger charge is 2.21. The minimum absolute atomic E-state index is 0.124. The maximum atomic E-state index is 10.8. The second kappa shape index (κ2) is 4.44. The topological polar surface area (TPSA) is 89.4 Å². The van der Waals surface area contributed by atoms with Gasteiger partial charge in [0.15, 0.2) is 17.0 Å². The Labute approximate surface area is 120 Å². The number of oxazole rings is 1. The minimum Gasteiger partial charge on any atom is -0.476 e. The smallest absolute Gasteiger partial charge is 0.358 e. The summed E-state index contributed by atoms with van der Waals surface area (Å²) in [5.41, 5.74) is 1.78. The van der Waals surface area contributed by atoms with E-state index in [1.54, 1.807) is 18.2 Å². The maximum Gasteiger partial charge on any atom is 0.358 e. The second-order valence-corrected chi connectivity index (χ2v) is 5.83. The molecule has 21 heavy (non-hydrogen) atoms. The first-order valence-corrected chi connectivity index (χ1v) is 6.46. The van der Waals surface area contributed by atoms with Crippen molar-refractivity contribution in [2.75, 3.05) is 0 Å². The summed E-state index contributed by atoms with van der Waals surface area (Å²) in [4.78, 5) is 15.3. The molecule has 0 unspecified atom stereocenters. The molecule has 2 aromatic heterocycles. The van der Waals surface area contributed by atoms with Gasteiger partial charge in [0, 0.05) is 17.0 Å². The van der Waals surface area contributed by atoms with Gasteiger partial charge in [0.2, 0.25) is 5.89 Å². The number of carboxylic acids is 1. The predicted octanol–water partition coefficient (Wildman–Crippen LogP) is 3.48. The summed E-state index contributed by atoms with van der Waals surface area (Å²) in [5, 5.41) is 12.4. The first kappa shape index (κ1) is 13.4. The van der Waals surface area contributed by atoms with E-state index >= 15 is 0 Å². The van der Waals surface area contributed by atoms with Crippen molar-refractivity contribution in [1.82, 2.24) is 10.1 Å². The SMILES string of the molecule is CC(C)(C)c1nc2cc(-c3cc(C(=O)O)no3)ccc2o1. The third-order valence-corrected chi connectivity index (χ3v) is 3.04. The van der Waals surface area contributed by atoms with Crippen LogP contribution in [0.2, 0.25) is 0 Å². The zero-order valence-corrected chi connectivity index (χ0v) is 11.9. The first-order valence-electron chi connectivity index (χ1n) is 6.46. The molecule has 6 heteroatoms. The molecule has 2 heterocycles. The summed E-state index contributed by atoms with van der Waals surface area (Å²) in [6.07, 6.45) is 0. The largest absolute Gasteiger partial charge is 0.476 e.